The molecule has 1 spiro atoms. The van der Waals surface area contributed by atoms with E-state index in [-0.39, 0.29) is 11.7 Å². The highest BCUT2D eigenvalue weighted by Crippen LogP contribution is 2.58. The number of Topliss-reactive ketones (excluding diaryl/α,β-unsaturated/α-hetero) is 1. The number of benzene rings is 2. The number of halogens is 1. The van der Waals surface area contributed by atoms with Gasteiger partial charge in [0, 0.05) is 32.4 Å². The van der Waals surface area contributed by atoms with Crippen molar-refractivity contribution in [2.75, 3.05) is 10.6 Å². The summed E-state index contributed by atoms with van der Waals surface area (Å²) < 4.78 is 6.35. The van der Waals surface area contributed by atoms with Gasteiger partial charge >= 0.3 is 0 Å². The van der Waals surface area contributed by atoms with Crippen LogP contribution in [0.5, 0.6) is 0 Å². The van der Waals surface area contributed by atoms with Gasteiger partial charge in [0.05, 0.1) is 17.0 Å². The van der Waals surface area contributed by atoms with Crippen LogP contribution in [0.4, 0.5) is 11.6 Å². The minimum absolute atomic E-state index is 0.160. The number of rotatable bonds is 0. The molecule has 0 saturated heterocycles. The van der Waals surface area contributed by atoms with Crippen LogP contribution >= 0.6 is 15.9 Å². The van der Waals surface area contributed by atoms with Crippen molar-refractivity contribution in [3.63, 3.8) is 0 Å². The average Bonchev–Trinajstić information content (AvgIpc) is 3.29. The standard InChI is InChI=1S/C21H12BrN3O3/c1-9-15-19(28-25-9)24-17-11-4-2-3-5-12(11)18(26)16(17)21(15)13-8-10(22)6-7-14(13)23-20(21)27/h2-8,24H,1H3,(H,23,27). The Morgan fingerprint density at radius 1 is 1.07 bits per heavy atom. The topological polar surface area (TPSA) is 84.2 Å². The molecule has 0 bridgehead atoms. The Labute approximate surface area is 167 Å². The smallest absolute Gasteiger partial charge is 0.244 e. The Morgan fingerprint density at radius 3 is 2.68 bits per heavy atom. The zero-order valence-corrected chi connectivity index (χ0v) is 16.2. The number of ketones is 1. The third-order valence-corrected chi connectivity index (χ3v) is 6.24. The molecule has 7 heteroatoms. The van der Waals surface area contributed by atoms with Gasteiger partial charge in [-0.25, -0.2) is 0 Å². The number of carbonyl (C=O) groups is 2. The van der Waals surface area contributed by atoms with Crippen molar-refractivity contribution in [2.24, 2.45) is 0 Å². The molecule has 6 nitrogen and oxygen atoms in total. The molecule has 28 heavy (non-hydrogen) atoms. The summed E-state index contributed by atoms with van der Waals surface area (Å²) >= 11 is 3.51. The van der Waals surface area contributed by atoms with Gasteiger partial charge in [-0.15, -0.1) is 0 Å². The predicted molar refractivity (Wildman–Crippen MR) is 106 cm³/mol. The number of carbonyl (C=O) groups excluding carboxylic acids is 2. The highest BCUT2D eigenvalue weighted by molar-refractivity contribution is 9.10. The van der Waals surface area contributed by atoms with E-state index in [0.717, 1.165) is 15.6 Å². The molecule has 1 amide bonds. The Bertz CT molecular complexity index is 1290. The predicted octanol–water partition coefficient (Wildman–Crippen LogP) is 4.02. The zero-order valence-electron chi connectivity index (χ0n) is 14.6. The normalized spacial score (nSPS) is 21.2. The average molecular weight is 434 g/mol. The van der Waals surface area contributed by atoms with Crippen LogP contribution < -0.4 is 10.6 Å². The lowest BCUT2D eigenvalue weighted by atomic mass is 9.67. The Kier molecular flexibility index (Phi) is 2.82. The third-order valence-electron chi connectivity index (χ3n) is 5.74. The van der Waals surface area contributed by atoms with Crippen LogP contribution in [0.1, 0.15) is 32.7 Å². The van der Waals surface area contributed by atoms with Crippen molar-refractivity contribution < 1.29 is 14.1 Å². The van der Waals surface area contributed by atoms with Crippen molar-refractivity contribution in [3.8, 4) is 0 Å². The second kappa shape index (κ2) is 4.99. The SMILES string of the molecule is Cc1noc2c1C1(C(=O)Nc3ccc(Br)cc31)C1=C(N2)c2ccccc2C1=O. The lowest BCUT2D eigenvalue weighted by Gasteiger charge is -2.33. The van der Waals surface area contributed by atoms with Crippen molar-refractivity contribution in [3.05, 3.63) is 80.5 Å². The summed E-state index contributed by atoms with van der Waals surface area (Å²) in [6, 6.07) is 12.9. The zero-order chi connectivity index (χ0) is 19.2. The van der Waals surface area contributed by atoms with Gasteiger partial charge in [0.1, 0.15) is 5.41 Å². The fourth-order valence-electron chi connectivity index (χ4n) is 4.68. The molecule has 2 aromatic carbocycles. The van der Waals surface area contributed by atoms with Gasteiger partial charge in [-0.1, -0.05) is 45.4 Å². The highest BCUT2D eigenvalue weighted by atomic mass is 79.9. The van der Waals surface area contributed by atoms with E-state index < -0.39 is 5.41 Å². The van der Waals surface area contributed by atoms with E-state index in [1.54, 1.807) is 13.0 Å². The van der Waals surface area contributed by atoms with E-state index in [1.807, 2.05) is 36.4 Å². The second-order valence-electron chi connectivity index (χ2n) is 7.12. The van der Waals surface area contributed by atoms with Crippen molar-refractivity contribution >= 4 is 44.9 Å². The summed E-state index contributed by atoms with van der Waals surface area (Å²) in [5.74, 6) is -0.0423. The molecule has 1 aromatic heterocycles. The van der Waals surface area contributed by atoms with Crippen LogP contribution in [-0.2, 0) is 10.2 Å². The van der Waals surface area contributed by atoms with Gasteiger partial charge in [0.15, 0.2) is 5.78 Å². The summed E-state index contributed by atoms with van der Waals surface area (Å²) in [6.45, 7) is 1.78. The number of hydrogen-bond acceptors (Lipinski definition) is 5. The van der Waals surface area contributed by atoms with Crippen LogP contribution in [0, 0.1) is 6.92 Å². The molecule has 2 aliphatic heterocycles. The minimum Gasteiger partial charge on any atom is -0.338 e. The van der Waals surface area contributed by atoms with Gasteiger partial charge in [0.25, 0.3) is 0 Å². The first-order chi connectivity index (χ1) is 13.5. The summed E-state index contributed by atoms with van der Waals surface area (Å²) in [5.41, 5.74) is 3.60. The van der Waals surface area contributed by atoms with Gasteiger partial charge in [-0.3, -0.25) is 9.59 Å². The number of nitrogens with zero attached hydrogens (tertiary/aromatic N) is 1. The van der Waals surface area contributed by atoms with E-state index in [2.05, 4.69) is 31.7 Å². The van der Waals surface area contributed by atoms with Crippen LogP contribution in [0.15, 0.2) is 57.0 Å². The van der Waals surface area contributed by atoms with Crippen LogP contribution in [0.3, 0.4) is 0 Å². The summed E-state index contributed by atoms with van der Waals surface area (Å²) in [7, 11) is 0. The van der Waals surface area contributed by atoms with E-state index in [9.17, 15) is 9.59 Å². The van der Waals surface area contributed by atoms with Gasteiger partial charge < -0.3 is 15.2 Å². The molecule has 3 heterocycles. The molecule has 6 rings (SSSR count). The van der Waals surface area contributed by atoms with Crippen LogP contribution in [-0.4, -0.2) is 16.8 Å². The fourth-order valence-corrected chi connectivity index (χ4v) is 5.04. The summed E-state index contributed by atoms with van der Waals surface area (Å²) in [6.07, 6.45) is 0. The first-order valence-corrected chi connectivity index (χ1v) is 9.57. The molecule has 1 unspecified atom stereocenters. The van der Waals surface area contributed by atoms with Crippen LogP contribution in [0.25, 0.3) is 5.70 Å². The minimum atomic E-state index is -1.31. The van der Waals surface area contributed by atoms with E-state index in [0.29, 0.717) is 39.7 Å². The highest BCUT2D eigenvalue weighted by Gasteiger charge is 2.61. The monoisotopic (exact) mass is 433 g/mol. The number of hydrogen-bond donors (Lipinski definition) is 2. The molecule has 0 saturated carbocycles. The van der Waals surface area contributed by atoms with Gasteiger partial charge in [-0.2, -0.15) is 0 Å². The Balaban J connectivity index is 1.79. The van der Waals surface area contributed by atoms with Gasteiger partial charge in [-0.05, 0) is 25.1 Å². The Hall–Kier alpha value is -3.19. The second-order valence-corrected chi connectivity index (χ2v) is 8.03. The number of amides is 1. The van der Waals surface area contributed by atoms with Gasteiger partial charge in [0.2, 0.25) is 11.8 Å². The number of nitrogens with one attached hydrogen (secondary N) is 2. The van der Waals surface area contributed by atoms with E-state index in [1.165, 1.54) is 0 Å². The molecule has 0 radical (unpaired) electrons. The lowest BCUT2D eigenvalue weighted by Crippen LogP contribution is -2.43. The molecule has 0 fully saturated rings. The number of fused-ring (bicyclic) bond motifs is 7. The molecule has 136 valence electrons. The lowest BCUT2D eigenvalue weighted by molar-refractivity contribution is -0.118. The summed E-state index contributed by atoms with van der Waals surface area (Å²) in [4.78, 5) is 27.1. The van der Waals surface area contributed by atoms with E-state index in [4.69, 9.17) is 4.52 Å². The molecule has 3 aliphatic rings. The van der Waals surface area contributed by atoms with Crippen LogP contribution in [0.2, 0.25) is 0 Å². The van der Waals surface area contributed by atoms with Crippen molar-refractivity contribution in [2.45, 2.75) is 12.3 Å². The molecule has 1 atom stereocenters. The quantitative estimate of drug-likeness (QED) is 0.559. The maximum absolute atomic E-state index is 13.6. The first kappa shape index (κ1) is 15.8. The number of aryl methyl sites for hydroxylation is 1. The third kappa shape index (κ3) is 1.62. The van der Waals surface area contributed by atoms with Crippen molar-refractivity contribution in [1.29, 1.82) is 0 Å². The molecular formula is C21H12BrN3O3. The number of aromatic nitrogens is 1. The maximum Gasteiger partial charge on any atom is 0.244 e. The largest absolute Gasteiger partial charge is 0.338 e. The number of anilines is 2. The molecule has 3 aromatic rings. The molecule has 2 N–H and O–H groups in total. The molecular weight excluding hydrogens is 422 g/mol. The summed E-state index contributed by atoms with van der Waals surface area (Å²) in [5, 5.41) is 10.3. The Morgan fingerprint density at radius 2 is 1.86 bits per heavy atom. The molecule has 1 aliphatic carbocycles. The van der Waals surface area contributed by atoms with Crippen molar-refractivity contribution in [1.82, 2.24) is 5.16 Å². The first-order valence-electron chi connectivity index (χ1n) is 8.77. The fraction of sp³-hybridized carbons (Fsp3) is 0.0952. The van der Waals surface area contributed by atoms with E-state index >= 15 is 0 Å². The maximum atomic E-state index is 13.6.